The van der Waals surface area contributed by atoms with Crippen molar-refractivity contribution in [3.05, 3.63) is 125 Å². The Kier molecular flexibility index (Phi) is 12.6. The summed E-state index contributed by atoms with van der Waals surface area (Å²) in [5.74, 6) is -0.202. The van der Waals surface area contributed by atoms with Gasteiger partial charge in [-0.15, -0.1) is 0 Å². The average molecular weight is 984 g/mol. The first kappa shape index (κ1) is 46.7. The van der Waals surface area contributed by atoms with Crippen LogP contribution in [0.15, 0.2) is 78.9 Å². The number of aromatic carboxylic acids is 1. The summed E-state index contributed by atoms with van der Waals surface area (Å²) in [6, 6.07) is 30.6. The van der Waals surface area contributed by atoms with Crippen LogP contribution in [0.5, 0.6) is 5.75 Å². The Bertz CT molecular complexity index is 3270. The number of fused-ring (bicyclic) bond motifs is 3. The van der Waals surface area contributed by atoms with E-state index in [1.165, 1.54) is 11.3 Å². The van der Waals surface area contributed by atoms with E-state index in [1.807, 2.05) is 91.7 Å². The fourth-order valence-electron chi connectivity index (χ4n) is 11.2. The maximum Gasteiger partial charge on any atom is 0.355 e. The summed E-state index contributed by atoms with van der Waals surface area (Å²) >= 11 is 1.41. The number of hydrogen-bond acceptors (Lipinski definition) is 12. The molecule has 4 N–H and O–H groups in total. The number of amides is 4. The van der Waals surface area contributed by atoms with Gasteiger partial charge >= 0.3 is 5.97 Å². The zero-order chi connectivity index (χ0) is 49.6. The van der Waals surface area contributed by atoms with Crippen LogP contribution >= 0.6 is 11.3 Å². The summed E-state index contributed by atoms with van der Waals surface area (Å²) in [6.45, 7) is 4.89. The van der Waals surface area contributed by atoms with Gasteiger partial charge in [0.15, 0.2) is 10.8 Å². The molecule has 1 unspecified atom stereocenters. The van der Waals surface area contributed by atoms with Crippen molar-refractivity contribution >= 4 is 78.7 Å². The van der Waals surface area contributed by atoms with Gasteiger partial charge in [-0.3, -0.25) is 39.4 Å². The van der Waals surface area contributed by atoms with Crippen molar-refractivity contribution in [2.75, 3.05) is 41.7 Å². The number of benzene rings is 3. The topological polar surface area (TPSA) is 201 Å². The number of rotatable bonds is 12. The molecule has 4 aromatic carbocycles. The van der Waals surface area contributed by atoms with Gasteiger partial charge in [0, 0.05) is 54.8 Å². The van der Waals surface area contributed by atoms with Crippen LogP contribution in [0.1, 0.15) is 94.1 Å². The van der Waals surface area contributed by atoms with Gasteiger partial charge in [-0.1, -0.05) is 41.7 Å². The number of aryl methyl sites for hydroxylation is 2. The quantitative estimate of drug-likeness (QED) is 0.0860. The number of thiazole rings is 1. The molecule has 7 aromatic rings. The van der Waals surface area contributed by atoms with Crippen LogP contribution in [0, 0.1) is 30.9 Å². The lowest BCUT2D eigenvalue weighted by Gasteiger charge is -2.34. The van der Waals surface area contributed by atoms with Gasteiger partial charge in [-0.05, 0) is 148 Å². The van der Waals surface area contributed by atoms with Crippen LogP contribution in [-0.4, -0.2) is 91.6 Å². The van der Waals surface area contributed by atoms with Gasteiger partial charge in [0.2, 0.25) is 17.7 Å². The molecule has 1 saturated carbocycles. The molecule has 0 radical (unpaired) electrons. The van der Waals surface area contributed by atoms with Crippen molar-refractivity contribution in [1.29, 1.82) is 0 Å². The molecule has 1 aliphatic carbocycles. The molecule has 366 valence electrons. The summed E-state index contributed by atoms with van der Waals surface area (Å²) < 4.78 is 9.27. The Morgan fingerprint density at radius 2 is 1.74 bits per heavy atom. The van der Waals surface area contributed by atoms with Gasteiger partial charge in [0.05, 0.1) is 45.6 Å². The van der Waals surface area contributed by atoms with Gasteiger partial charge in [0.25, 0.3) is 5.91 Å². The standard InChI is InChI=1S/C55H53N9O7S/c1-31-26-36(71-37-12-10-34(27-37)32-20-23-63(24-21-32)30-49(66)56-35-11-14-41-45(28-35)62(2)61-50(41)42-17-19-48(65)59-53(42)68)13-15-38(31)39-16-18-47(58-51(39)54(69)70)64-25-22-33-6-5-7-40(43(33)29-64)52(67)60-55-57-44-8-3-4-9-46(44)72-55/h3-4,7-9,11,13-16,18,26,28,32,34,37,42H,10,12,17,19-25,27,29-30H2,1-2H3,(H,56,66)(H,69,70)(H,57,60,67)(H,59,65,68)/t34-,37-,42?/m0/s1. The van der Waals surface area contributed by atoms with Crippen molar-refractivity contribution in [2.45, 2.75) is 76.9 Å². The fraction of sp³-hybridized carbons (Fsp3) is 0.345. The number of hydrogen-bond donors (Lipinski definition) is 4. The van der Waals surface area contributed by atoms with Crippen molar-refractivity contribution in [2.24, 2.45) is 18.9 Å². The predicted octanol–water partition coefficient (Wildman–Crippen LogP) is 8.09. The number of nitrogens with zero attached hydrogens (tertiary/aromatic N) is 6. The second kappa shape index (κ2) is 19.5. The Morgan fingerprint density at radius 3 is 2.54 bits per heavy atom. The van der Waals surface area contributed by atoms with E-state index in [-0.39, 0.29) is 41.8 Å². The molecule has 0 spiro atoms. The third-order valence-corrected chi connectivity index (χ3v) is 15.8. The second-order valence-electron chi connectivity index (χ2n) is 19.5. The average Bonchev–Trinajstić information content (AvgIpc) is 4.10. The van der Waals surface area contributed by atoms with Gasteiger partial charge in [0.1, 0.15) is 11.6 Å². The molecule has 3 fully saturated rings. The van der Waals surface area contributed by atoms with E-state index in [0.29, 0.717) is 77.8 Å². The maximum absolute atomic E-state index is 13.6. The maximum atomic E-state index is 13.6. The molecule has 6 heterocycles. The number of nitrogens with one attached hydrogen (secondary N) is 3. The van der Waals surface area contributed by atoms with E-state index in [1.54, 1.807) is 10.7 Å². The van der Waals surface area contributed by atoms with Gasteiger partial charge in [-0.25, -0.2) is 14.8 Å². The summed E-state index contributed by atoms with van der Waals surface area (Å²) in [5.41, 5.74) is 7.21. The minimum atomic E-state index is -1.13. The van der Waals surface area contributed by atoms with Gasteiger partial charge in [-0.2, -0.15) is 5.10 Å². The molecule has 16 nitrogen and oxygen atoms in total. The molecule has 3 aliphatic heterocycles. The first-order valence-electron chi connectivity index (χ1n) is 24.6. The number of ether oxygens (including phenoxy) is 1. The fourth-order valence-corrected chi connectivity index (χ4v) is 12.1. The molecule has 0 bridgehead atoms. The summed E-state index contributed by atoms with van der Waals surface area (Å²) in [6.07, 6.45) is 6.44. The smallest absolute Gasteiger partial charge is 0.355 e. The number of carbonyl (C=O) groups is 5. The number of anilines is 3. The Labute approximate surface area is 419 Å². The number of pyridine rings is 1. The van der Waals surface area contributed by atoms with Crippen LogP contribution in [0.4, 0.5) is 16.6 Å². The van der Waals surface area contributed by atoms with Crippen molar-refractivity contribution in [3.8, 4) is 16.9 Å². The summed E-state index contributed by atoms with van der Waals surface area (Å²) in [5, 5.41) is 24.8. The van der Waals surface area contributed by atoms with E-state index < -0.39 is 11.9 Å². The lowest BCUT2D eigenvalue weighted by molar-refractivity contribution is -0.134. The van der Waals surface area contributed by atoms with Crippen LogP contribution in [-0.2, 0) is 34.4 Å². The van der Waals surface area contributed by atoms with E-state index in [4.69, 9.17) is 9.72 Å². The largest absolute Gasteiger partial charge is 0.490 e. The van der Waals surface area contributed by atoms with Crippen LogP contribution in [0.25, 0.3) is 32.2 Å². The lowest BCUT2D eigenvalue weighted by atomic mass is 9.83. The zero-order valence-electron chi connectivity index (χ0n) is 40.0. The molecule has 17 heteroatoms. The molecular formula is C55H53N9O7S. The minimum Gasteiger partial charge on any atom is -0.490 e. The highest BCUT2D eigenvalue weighted by Crippen LogP contribution is 2.40. The summed E-state index contributed by atoms with van der Waals surface area (Å²) in [4.78, 5) is 77.4. The van der Waals surface area contributed by atoms with Crippen molar-refractivity contribution < 1.29 is 33.8 Å². The highest BCUT2D eigenvalue weighted by atomic mass is 32.1. The molecule has 11 rings (SSSR count). The number of carboxylic acid groups (broad SMARTS) is 1. The van der Waals surface area contributed by atoms with Gasteiger partial charge < -0.3 is 20.1 Å². The normalized spacial score (nSPS) is 19.5. The molecule has 3 aromatic heterocycles. The van der Waals surface area contributed by atoms with Crippen LogP contribution in [0.3, 0.4) is 0 Å². The van der Waals surface area contributed by atoms with Crippen molar-refractivity contribution in [1.82, 2.24) is 30.0 Å². The van der Waals surface area contributed by atoms with E-state index >= 15 is 0 Å². The SMILES string of the molecule is Cc1cc(O[C@H]2CC[C@H](C3CCN(CC(=O)Nc4ccc5c(C6CCC(=O)NC6=O)nn(C)c5c4)CC3)C2)ccc1-c1ccc(N2CCc3c#ccc(C(=O)Nc4nc5ccccc5s4)c3C2)nc1C(=O)O. The van der Waals surface area contributed by atoms with Crippen LogP contribution in [0.2, 0.25) is 0 Å². The number of carboxylic acids is 1. The first-order valence-corrected chi connectivity index (χ1v) is 25.4. The van der Waals surface area contributed by atoms with Crippen molar-refractivity contribution in [3.63, 3.8) is 0 Å². The molecule has 3 atom stereocenters. The van der Waals surface area contributed by atoms with Crippen LogP contribution < -0.4 is 25.6 Å². The highest BCUT2D eigenvalue weighted by molar-refractivity contribution is 7.22. The number of aromatic nitrogens is 4. The molecular weight excluding hydrogens is 931 g/mol. The summed E-state index contributed by atoms with van der Waals surface area (Å²) in [7, 11) is 1.81. The lowest BCUT2D eigenvalue weighted by Crippen LogP contribution is -2.40. The monoisotopic (exact) mass is 983 g/mol. The molecule has 4 aliphatic rings. The Hall–Kier alpha value is -7.68. The molecule has 72 heavy (non-hydrogen) atoms. The first-order chi connectivity index (χ1) is 34.9. The van der Waals surface area contributed by atoms with E-state index in [2.05, 4.69) is 43.1 Å². The number of likely N-dealkylation sites (tertiary alicyclic amines) is 1. The van der Waals surface area contributed by atoms with E-state index in [0.717, 1.165) is 94.3 Å². The highest BCUT2D eigenvalue weighted by Gasteiger charge is 2.35. The Balaban J connectivity index is 0.674. The molecule has 2 saturated heterocycles. The zero-order valence-corrected chi connectivity index (χ0v) is 40.8. The number of piperidine rings is 2. The predicted molar refractivity (Wildman–Crippen MR) is 273 cm³/mol. The third kappa shape index (κ3) is 9.47. The molecule has 4 amide bonds. The number of imide groups is 1. The minimum absolute atomic E-state index is 0.0479. The Morgan fingerprint density at radius 1 is 0.903 bits per heavy atom. The van der Waals surface area contributed by atoms with E-state index in [9.17, 15) is 29.1 Å². The number of para-hydroxylation sites is 1. The second-order valence-corrected chi connectivity index (χ2v) is 20.5. The number of carbonyl (C=O) groups excluding carboxylic acids is 4. The third-order valence-electron chi connectivity index (χ3n) is 14.9.